The predicted octanol–water partition coefficient (Wildman–Crippen LogP) is 3.06. The van der Waals surface area contributed by atoms with E-state index in [1.54, 1.807) is 24.3 Å². The van der Waals surface area contributed by atoms with Crippen molar-refractivity contribution < 1.29 is 14.0 Å². The first-order valence-corrected chi connectivity index (χ1v) is 12.0. The molecule has 0 spiro atoms. The first kappa shape index (κ1) is 24.5. The van der Waals surface area contributed by atoms with Crippen LogP contribution in [0.25, 0.3) is 0 Å². The second kappa shape index (κ2) is 10.8. The normalized spacial score (nSPS) is 19.7. The Morgan fingerprint density at radius 3 is 2.35 bits per heavy atom. The van der Waals surface area contributed by atoms with Crippen LogP contribution in [0.1, 0.15) is 6.42 Å². The van der Waals surface area contributed by atoms with Crippen LogP contribution in [0, 0.1) is 5.82 Å². The molecule has 2 amide bonds. The third-order valence-corrected chi connectivity index (χ3v) is 6.83. The fourth-order valence-electron chi connectivity index (χ4n) is 4.16. The lowest BCUT2D eigenvalue weighted by Crippen LogP contribution is -2.48. The van der Waals surface area contributed by atoms with Crippen molar-refractivity contribution in [1.82, 2.24) is 14.7 Å². The summed E-state index contributed by atoms with van der Waals surface area (Å²) in [6, 6.07) is 11.7. The fraction of sp³-hybridized carbons (Fsp3) is 0.375. The Balaban J connectivity index is 1.50. The van der Waals surface area contributed by atoms with E-state index in [2.05, 4.69) is 22.2 Å². The number of piperazine rings is 1. The van der Waals surface area contributed by atoms with E-state index in [1.165, 1.54) is 29.2 Å². The Labute approximate surface area is 209 Å². The maximum absolute atomic E-state index is 13.5. The highest BCUT2D eigenvalue weighted by Crippen LogP contribution is 2.28. The zero-order valence-electron chi connectivity index (χ0n) is 18.9. The van der Waals surface area contributed by atoms with Gasteiger partial charge in [-0.3, -0.25) is 19.4 Å². The third kappa shape index (κ3) is 5.72. The van der Waals surface area contributed by atoms with Crippen molar-refractivity contribution in [3.8, 4) is 0 Å². The molecule has 0 radical (unpaired) electrons. The van der Waals surface area contributed by atoms with Crippen LogP contribution in [0.15, 0.2) is 48.5 Å². The molecule has 2 heterocycles. The maximum atomic E-state index is 13.5. The van der Waals surface area contributed by atoms with E-state index < -0.39 is 11.9 Å². The van der Waals surface area contributed by atoms with Gasteiger partial charge in [-0.15, -0.1) is 0 Å². The Kier molecular flexibility index (Phi) is 7.77. The molecule has 180 valence electrons. The van der Waals surface area contributed by atoms with Crippen molar-refractivity contribution in [2.45, 2.75) is 12.5 Å². The van der Waals surface area contributed by atoms with Gasteiger partial charge in [-0.2, -0.15) is 0 Å². The summed E-state index contributed by atoms with van der Waals surface area (Å²) < 4.78 is 13.5. The number of thiocarbonyl (C=S) groups is 1. The molecule has 2 aliphatic heterocycles. The summed E-state index contributed by atoms with van der Waals surface area (Å²) in [5.41, 5.74) is 1.09. The van der Waals surface area contributed by atoms with Gasteiger partial charge in [-0.1, -0.05) is 11.6 Å². The molecule has 34 heavy (non-hydrogen) atoms. The molecule has 2 aliphatic rings. The zero-order chi connectivity index (χ0) is 24.2. The number of anilines is 2. The van der Waals surface area contributed by atoms with Gasteiger partial charge in [0.25, 0.3) is 5.91 Å². The number of nitrogens with zero attached hydrogens (tertiary/aromatic N) is 4. The molecule has 2 saturated heterocycles. The van der Waals surface area contributed by atoms with E-state index in [1.807, 2.05) is 4.90 Å². The number of carbonyl (C=O) groups excluding carboxylic acids is 2. The minimum atomic E-state index is -0.739. The summed E-state index contributed by atoms with van der Waals surface area (Å²) >= 11 is 11.6. The molecule has 7 nitrogen and oxygen atoms in total. The summed E-state index contributed by atoms with van der Waals surface area (Å²) in [6.07, 6.45) is -0.0535. The standard InChI is InChI=1S/C24H27ClFN5O2S/c1-28-10-12-29(13-11-28)14-15-30-21(16-22(32)27-19-6-2-17(25)3-7-19)23(33)31(24(30)34)20-8-4-18(26)5-9-20/h2-9,21H,10-16H2,1H3,(H,27,32)/t21-/m1/s1. The summed E-state index contributed by atoms with van der Waals surface area (Å²) in [5, 5.41) is 3.72. The largest absolute Gasteiger partial charge is 0.335 e. The highest BCUT2D eigenvalue weighted by atomic mass is 35.5. The van der Waals surface area contributed by atoms with Crippen LogP contribution in [0.5, 0.6) is 0 Å². The van der Waals surface area contributed by atoms with Crippen molar-refractivity contribution in [3.63, 3.8) is 0 Å². The molecule has 4 rings (SSSR count). The molecule has 1 N–H and O–H groups in total. The summed E-state index contributed by atoms with van der Waals surface area (Å²) in [5.74, 6) is -0.984. The van der Waals surface area contributed by atoms with Crippen LogP contribution in [-0.4, -0.2) is 84.0 Å². The lowest BCUT2D eigenvalue weighted by atomic mass is 10.1. The Hall–Kier alpha value is -2.59. The van der Waals surface area contributed by atoms with Gasteiger partial charge >= 0.3 is 0 Å². The molecule has 0 saturated carbocycles. The number of hydrogen-bond donors (Lipinski definition) is 1. The lowest BCUT2D eigenvalue weighted by Gasteiger charge is -2.34. The number of nitrogens with one attached hydrogen (secondary N) is 1. The van der Waals surface area contributed by atoms with E-state index in [4.69, 9.17) is 23.8 Å². The molecular weight excluding hydrogens is 477 g/mol. The van der Waals surface area contributed by atoms with Gasteiger partial charge in [-0.25, -0.2) is 4.39 Å². The molecule has 0 bridgehead atoms. The van der Waals surface area contributed by atoms with E-state index in [0.717, 1.165) is 32.7 Å². The summed E-state index contributed by atoms with van der Waals surface area (Å²) in [6.45, 7) is 5.09. The monoisotopic (exact) mass is 503 g/mol. The van der Waals surface area contributed by atoms with Crippen LogP contribution >= 0.6 is 23.8 Å². The van der Waals surface area contributed by atoms with Crippen LogP contribution in [-0.2, 0) is 9.59 Å². The Morgan fingerprint density at radius 1 is 1.06 bits per heavy atom. The van der Waals surface area contributed by atoms with Gasteiger partial charge in [-0.05, 0) is 67.8 Å². The molecule has 2 aromatic rings. The molecule has 0 aliphatic carbocycles. The van der Waals surface area contributed by atoms with Crippen LogP contribution in [0.4, 0.5) is 15.8 Å². The minimum Gasteiger partial charge on any atom is -0.335 e. The number of carbonyl (C=O) groups is 2. The third-order valence-electron chi connectivity index (χ3n) is 6.16. The summed E-state index contributed by atoms with van der Waals surface area (Å²) in [4.78, 5) is 34.1. The van der Waals surface area contributed by atoms with E-state index in [9.17, 15) is 14.0 Å². The van der Waals surface area contributed by atoms with Gasteiger partial charge < -0.3 is 15.1 Å². The molecule has 0 unspecified atom stereocenters. The maximum Gasteiger partial charge on any atom is 0.256 e. The molecular formula is C24H27ClFN5O2S. The Morgan fingerprint density at radius 2 is 1.71 bits per heavy atom. The number of benzene rings is 2. The first-order chi connectivity index (χ1) is 16.3. The van der Waals surface area contributed by atoms with Crippen LogP contribution in [0.2, 0.25) is 5.02 Å². The van der Waals surface area contributed by atoms with Crippen molar-refractivity contribution in [1.29, 1.82) is 0 Å². The van der Waals surface area contributed by atoms with Crippen LogP contribution in [0.3, 0.4) is 0 Å². The van der Waals surface area contributed by atoms with E-state index in [-0.39, 0.29) is 18.2 Å². The van der Waals surface area contributed by atoms with Crippen molar-refractivity contribution in [2.24, 2.45) is 0 Å². The molecule has 1 atom stereocenters. The summed E-state index contributed by atoms with van der Waals surface area (Å²) in [7, 11) is 2.10. The quantitative estimate of drug-likeness (QED) is 0.586. The average Bonchev–Trinajstić information content (AvgIpc) is 3.04. The second-order valence-corrected chi connectivity index (χ2v) is 9.35. The highest BCUT2D eigenvalue weighted by molar-refractivity contribution is 7.80. The number of likely N-dealkylation sites (N-methyl/N-ethyl adjacent to an activating group) is 1. The van der Waals surface area contributed by atoms with Gasteiger partial charge in [0, 0.05) is 50.0 Å². The van der Waals surface area contributed by atoms with Crippen molar-refractivity contribution >= 4 is 52.1 Å². The number of rotatable bonds is 7. The molecule has 2 fully saturated rings. The van der Waals surface area contributed by atoms with Gasteiger partial charge in [0.15, 0.2) is 5.11 Å². The van der Waals surface area contributed by atoms with Gasteiger partial charge in [0.05, 0.1) is 12.1 Å². The zero-order valence-corrected chi connectivity index (χ0v) is 20.5. The van der Waals surface area contributed by atoms with Gasteiger partial charge in [0.2, 0.25) is 5.91 Å². The molecule has 2 aromatic carbocycles. The van der Waals surface area contributed by atoms with E-state index in [0.29, 0.717) is 28.1 Å². The average molecular weight is 504 g/mol. The van der Waals surface area contributed by atoms with E-state index >= 15 is 0 Å². The fourth-order valence-corrected chi connectivity index (χ4v) is 4.70. The predicted molar refractivity (Wildman–Crippen MR) is 136 cm³/mol. The van der Waals surface area contributed by atoms with Crippen LogP contribution < -0.4 is 10.2 Å². The smallest absolute Gasteiger partial charge is 0.256 e. The number of amides is 2. The number of halogens is 2. The van der Waals surface area contributed by atoms with Crippen molar-refractivity contribution in [2.75, 3.05) is 56.5 Å². The first-order valence-electron chi connectivity index (χ1n) is 11.2. The SMILES string of the molecule is CN1CCN(CCN2C(=S)N(c3ccc(F)cc3)C(=O)[C@H]2CC(=O)Nc2ccc(Cl)cc2)CC1. The molecule has 10 heteroatoms. The number of hydrogen-bond acceptors (Lipinski definition) is 5. The van der Waals surface area contributed by atoms with Gasteiger partial charge in [0.1, 0.15) is 11.9 Å². The van der Waals surface area contributed by atoms with Crippen molar-refractivity contribution in [3.05, 3.63) is 59.4 Å². The molecule has 0 aromatic heterocycles. The second-order valence-electron chi connectivity index (χ2n) is 8.55. The lowest BCUT2D eigenvalue weighted by molar-refractivity contribution is -0.124. The Bertz CT molecular complexity index is 1040. The topological polar surface area (TPSA) is 59.1 Å². The highest BCUT2D eigenvalue weighted by Gasteiger charge is 2.44. The minimum absolute atomic E-state index is 0.0535.